The molecule has 0 unspecified atom stereocenters. The standard InChI is InChI=1S/C27H40N4O3/c1-8-34-16-10-15-28-26(32)23-17-20(13-14-24(23)31(6)7)29-27(33)30-25-21(18(2)3)11-9-12-22(25)19(4)5/h9,11-14,17-19H,8,10,15-16H2,1-7H3,(H,28,32)(H2,29,30,33). The van der Waals surface area contributed by atoms with Crippen LogP contribution in [0.25, 0.3) is 0 Å². The van der Waals surface area contributed by atoms with Crippen molar-refractivity contribution in [2.45, 2.75) is 52.9 Å². The number of carbonyl (C=O) groups excluding carboxylic acids is 2. The van der Waals surface area contributed by atoms with Crippen LogP contribution in [0, 0.1) is 0 Å². The second kappa shape index (κ2) is 13.0. The van der Waals surface area contributed by atoms with E-state index in [1.54, 1.807) is 12.1 Å². The van der Waals surface area contributed by atoms with Crippen LogP contribution in [0.5, 0.6) is 0 Å². The molecule has 0 bridgehead atoms. The molecule has 0 heterocycles. The van der Waals surface area contributed by atoms with Crippen LogP contribution < -0.4 is 20.9 Å². The third-order valence-corrected chi connectivity index (χ3v) is 5.55. The summed E-state index contributed by atoms with van der Waals surface area (Å²) in [6, 6.07) is 11.1. The van der Waals surface area contributed by atoms with Gasteiger partial charge in [-0.25, -0.2) is 4.79 Å². The van der Waals surface area contributed by atoms with Crippen LogP contribution in [-0.4, -0.2) is 45.8 Å². The predicted molar refractivity (Wildman–Crippen MR) is 141 cm³/mol. The van der Waals surface area contributed by atoms with Crippen molar-refractivity contribution in [1.29, 1.82) is 0 Å². The fraction of sp³-hybridized carbons (Fsp3) is 0.481. The molecular formula is C27H40N4O3. The van der Waals surface area contributed by atoms with E-state index in [2.05, 4.69) is 43.6 Å². The molecule has 186 valence electrons. The fourth-order valence-corrected chi connectivity index (χ4v) is 3.77. The first-order valence-electron chi connectivity index (χ1n) is 12.0. The van der Waals surface area contributed by atoms with Gasteiger partial charge in [-0.3, -0.25) is 4.79 Å². The lowest BCUT2D eigenvalue weighted by atomic mass is 9.93. The highest BCUT2D eigenvalue weighted by Crippen LogP contribution is 2.32. The number of carbonyl (C=O) groups is 2. The number of benzene rings is 2. The second-order valence-corrected chi connectivity index (χ2v) is 9.13. The molecule has 7 heteroatoms. The molecule has 2 aromatic carbocycles. The van der Waals surface area contributed by atoms with E-state index < -0.39 is 0 Å². The van der Waals surface area contributed by atoms with Gasteiger partial charge in [0.1, 0.15) is 0 Å². The average Bonchev–Trinajstić information content (AvgIpc) is 2.78. The summed E-state index contributed by atoms with van der Waals surface area (Å²) in [5.74, 6) is 0.356. The number of urea groups is 1. The van der Waals surface area contributed by atoms with Crippen molar-refractivity contribution in [2.24, 2.45) is 0 Å². The van der Waals surface area contributed by atoms with Gasteiger partial charge in [-0.2, -0.15) is 0 Å². The summed E-state index contributed by atoms with van der Waals surface area (Å²) < 4.78 is 5.33. The van der Waals surface area contributed by atoms with E-state index in [1.807, 2.05) is 50.2 Å². The number of hydrogen-bond donors (Lipinski definition) is 3. The molecule has 3 amide bonds. The van der Waals surface area contributed by atoms with Crippen molar-refractivity contribution >= 4 is 29.0 Å². The lowest BCUT2D eigenvalue weighted by Gasteiger charge is -2.21. The molecule has 0 aliphatic carbocycles. The Balaban J connectivity index is 2.20. The Morgan fingerprint density at radius 3 is 2.18 bits per heavy atom. The third-order valence-electron chi connectivity index (χ3n) is 5.55. The highest BCUT2D eigenvalue weighted by molar-refractivity contribution is 6.04. The Labute approximate surface area is 204 Å². The van der Waals surface area contributed by atoms with Crippen LogP contribution >= 0.6 is 0 Å². The molecule has 0 aliphatic rings. The molecule has 2 rings (SSSR count). The monoisotopic (exact) mass is 468 g/mol. The minimum Gasteiger partial charge on any atom is -0.382 e. The first-order chi connectivity index (χ1) is 16.1. The molecule has 7 nitrogen and oxygen atoms in total. The number of hydrogen-bond acceptors (Lipinski definition) is 4. The summed E-state index contributed by atoms with van der Waals surface area (Å²) in [5, 5.41) is 8.89. The largest absolute Gasteiger partial charge is 0.382 e. The summed E-state index contributed by atoms with van der Waals surface area (Å²) in [6.07, 6.45) is 0.741. The van der Waals surface area contributed by atoms with Crippen molar-refractivity contribution in [3.8, 4) is 0 Å². The zero-order valence-corrected chi connectivity index (χ0v) is 21.6. The number of ether oxygens (including phenoxy) is 1. The number of amides is 3. The molecule has 0 aliphatic heterocycles. The number of rotatable bonds is 11. The zero-order valence-electron chi connectivity index (χ0n) is 21.6. The van der Waals surface area contributed by atoms with Crippen LogP contribution in [0.2, 0.25) is 0 Å². The second-order valence-electron chi connectivity index (χ2n) is 9.13. The van der Waals surface area contributed by atoms with E-state index in [9.17, 15) is 9.59 Å². The molecule has 3 N–H and O–H groups in total. The van der Waals surface area contributed by atoms with E-state index in [4.69, 9.17) is 4.74 Å². The van der Waals surface area contributed by atoms with Gasteiger partial charge in [0.05, 0.1) is 5.56 Å². The van der Waals surface area contributed by atoms with Crippen LogP contribution in [0.1, 0.15) is 74.4 Å². The summed E-state index contributed by atoms with van der Waals surface area (Å²) in [7, 11) is 3.77. The van der Waals surface area contributed by atoms with Gasteiger partial charge in [0.25, 0.3) is 5.91 Å². The molecule has 0 radical (unpaired) electrons. The van der Waals surface area contributed by atoms with Gasteiger partial charge < -0.3 is 25.6 Å². The van der Waals surface area contributed by atoms with Gasteiger partial charge in [0.2, 0.25) is 0 Å². The summed E-state index contributed by atoms with van der Waals surface area (Å²) >= 11 is 0. The van der Waals surface area contributed by atoms with Gasteiger partial charge in [-0.1, -0.05) is 45.9 Å². The van der Waals surface area contributed by atoms with E-state index in [0.29, 0.717) is 31.0 Å². The highest BCUT2D eigenvalue weighted by atomic mass is 16.5. The Kier molecular flexibility index (Phi) is 10.4. The smallest absolute Gasteiger partial charge is 0.323 e. The normalized spacial score (nSPS) is 11.0. The Morgan fingerprint density at radius 1 is 0.971 bits per heavy atom. The van der Waals surface area contributed by atoms with Gasteiger partial charge in [-0.05, 0) is 54.5 Å². The molecule has 0 saturated carbocycles. The van der Waals surface area contributed by atoms with Crippen LogP contribution in [0.4, 0.5) is 21.9 Å². The minimum absolute atomic E-state index is 0.184. The molecule has 2 aromatic rings. The number of anilines is 3. The maximum atomic E-state index is 13.0. The Hall–Kier alpha value is -3.06. The summed E-state index contributed by atoms with van der Waals surface area (Å²) in [4.78, 5) is 27.7. The Bertz CT molecular complexity index is 944. The van der Waals surface area contributed by atoms with Crippen LogP contribution in [0.3, 0.4) is 0 Å². The molecule has 0 fully saturated rings. The highest BCUT2D eigenvalue weighted by Gasteiger charge is 2.18. The lowest BCUT2D eigenvalue weighted by Crippen LogP contribution is -2.28. The Morgan fingerprint density at radius 2 is 1.62 bits per heavy atom. The first-order valence-corrected chi connectivity index (χ1v) is 12.0. The number of nitrogens with one attached hydrogen (secondary N) is 3. The van der Waals surface area contributed by atoms with Crippen molar-refractivity contribution in [1.82, 2.24) is 5.32 Å². The quantitative estimate of drug-likeness (QED) is 0.364. The maximum Gasteiger partial charge on any atom is 0.323 e. The van der Waals surface area contributed by atoms with Gasteiger partial charge in [-0.15, -0.1) is 0 Å². The number of para-hydroxylation sites is 1. The molecule has 34 heavy (non-hydrogen) atoms. The van der Waals surface area contributed by atoms with Crippen molar-refractivity contribution < 1.29 is 14.3 Å². The lowest BCUT2D eigenvalue weighted by molar-refractivity contribution is 0.0944. The van der Waals surface area contributed by atoms with Crippen molar-refractivity contribution in [3.05, 3.63) is 53.1 Å². The van der Waals surface area contributed by atoms with Crippen LogP contribution in [0.15, 0.2) is 36.4 Å². The average molecular weight is 469 g/mol. The number of nitrogens with zero attached hydrogens (tertiary/aromatic N) is 1. The van der Waals surface area contributed by atoms with E-state index >= 15 is 0 Å². The molecule has 0 saturated heterocycles. The predicted octanol–water partition coefficient (Wildman–Crippen LogP) is 5.80. The third kappa shape index (κ3) is 7.48. The minimum atomic E-state index is -0.337. The van der Waals surface area contributed by atoms with Gasteiger partial charge in [0, 0.05) is 50.9 Å². The molecule has 0 aromatic heterocycles. The maximum absolute atomic E-state index is 13.0. The van der Waals surface area contributed by atoms with Gasteiger partial charge >= 0.3 is 6.03 Å². The zero-order chi connectivity index (χ0) is 25.3. The van der Waals surface area contributed by atoms with E-state index in [-0.39, 0.29) is 23.8 Å². The first kappa shape index (κ1) is 27.2. The topological polar surface area (TPSA) is 82.7 Å². The molecule has 0 atom stereocenters. The molecular weight excluding hydrogens is 428 g/mol. The summed E-state index contributed by atoms with van der Waals surface area (Å²) in [5.41, 5.74) is 4.87. The SMILES string of the molecule is CCOCCCNC(=O)c1cc(NC(=O)Nc2c(C(C)C)cccc2C(C)C)ccc1N(C)C. The van der Waals surface area contributed by atoms with Crippen molar-refractivity contribution in [3.63, 3.8) is 0 Å². The van der Waals surface area contributed by atoms with Crippen LogP contribution in [-0.2, 0) is 4.74 Å². The fourth-order valence-electron chi connectivity index (χ4n) is 3.77. The van der Waals surface area contributed by atoms with E-state index in [1.165, 1.54) is 0 Å². The van der Waals surface area contributed by atoms with Gasteiger partial charge in [0.15, 0.2) is 0 Å². The van der Waals surface area contributed by atoms with Crippen molar-refractivity contribution in [2.75, 3.05) is 49.4 Å². The van der Waals surface area contributed by atoms with E-state index in [0.717, 1.165) is 28.9 Å². The summed E-state index contributed by atoms with van der Waals surface area (Å²) in [6.45, 7) is 12.2. The molecule has 0 spiro atoms.